The van der Waals surface area contributed by atoms with Crippen LogP contribution in [0, 0.1) is 0 Å². The monoisotopic (exact) mass is 407 g/mol. The van der Waals surface area contributed by atoms with Gasteiger partial charge in [0.25, 0.3) is 0 Å². The number of Topliss-reactive ketones (excluding diaryl/α,β-unsaturated/α-hetero) is 1. The van der Waals surface area contributed by atoms with Gasteiger partial charge in [0.2, 0.25) is 0 Å². The number of hydrogen-bond donors (Lipinski definition) is 0. The predicted molar refractivity (Wildman–Crippen MR) is 98.2 cm³/mol. The highest BCUT2D eigenvalue weighted by Crippen LogP contribution is 2.27. The van der Waals surface area contributed by atoms with Crippen LogP contribution in [0.3, 0.4) is 0 Å². The number of thiophene rings is 1. The van der Waals surface area contributed by atoms with Gasteiger partial charge in [-0.1, -0.05) is 42.1 Å². The molecule has 0 radical (unpaired) electrons. The Balaban J connectivity index is 1.76. The van der Waals surface area contributed by atoms with Gasteiger partial charge in [-0.15, -0.1) is 21.5 Å². The zero-order chi connectivity index (χ0) is 16.2. The van der Waals surface area contributed by atoms with Crippen molar-refractivity contribution in [1.82, 2.24) is 14.8 Å². The first-order chi connectivity index (χ1) is 11.2. The van der Waals surface area contributed by atoms with Crippen molar-refractivity contribution in [3.8, 4) is 11.4 Å². The van der Waals surface area contributed by atoms with Crippen LogP contribution in [0.25, 0.3) is 11.4 Å². The van der Waals surface area contributed by atoms with Gasteiger partial charge in [-0.2, -0.15) is 0 Å². The smallest absolute Gasteiger partial charge is 0.191 e. The van der Waals surface area contributed by atoms with E-state index in [2.05, 4.69) is 33.1 Å². The minimum atomic E-state index is 0.109. The topological polar surface area (TPSA) is 47.8 Å². The molecule has 0 spiro atoms. The molecule has 0 aliphatic heterocycles. The Kier molecular flexibility index (Phi) is 5.30. The van der Waals surface area contributed by atoms with E-state index in [9.17, 15) is 4.79 Å². The Labute approximate surface area is 151 Å². The highest BCUT2D eigenvalue weighted by atomic mass is 79.9. The lowest BCUT2D eigenvalue weighted by Crippen LogP contribution is -2.03. The fraction of sp³-hybridized carbons (Fsp3) is 0.188. The number of rotatable bonds is 6. The number of nitrogens with zero attached hydrogens (tertiary/aromatic N) is 3. The lowest BCUT2D eigenvalue weighted by atomic mass is 10.2. The summed E-state index contributed by atoms with van der Waals surface area (Å²) in [7, 11) is 0. The maximum atomic E-state index is 12.2. The summed E-state index contributed by atoms with van der Waals surface area (Å²) in [5.41, 5.74) is 1.03. The summed E-state index contributed by atoms with van der Waals surface area (Å²) in [5, 5.41) is 9.31. The van der Waals surface area contributed by atoms with Crippen molar-refractivity contribution in [2.75, 3.05) is 5.75 Å². The van der Waals surface area contributed by atoms with Crippen LogP contribution in [0.1, 0.15) is 16.6 Å². The molecule has 0 amide bonds. The SMILES string of the molecule is CCn1c(SCC(=O)c2ccc(Br)s2)nnc1-c1ccccc1. The average Bonchev–Trinajstić information content (AvgIpc) is 3.19. The second-order valence-electron chi connectivity index (χ2n) is 4.73. The standard InChI is InChI=1S/C16H14BrN3OS2/c1-2-20-15(11-6-4-3-5-7-11)18-19-16(20)22-10-12(21)13-8-9-14(17)23-13/h3-9H,2,10H2,1H3. The molecule has 0 aliphatic rings. The van der Waals surface area contributed by atoms with Gasteiger partial charge in [0, 0.05) is 12.1 Å². The van der Waals surface area contributed by atoms with Crippen molar-refractivity contribution >= 4 is 44.8 Å². The van der Waals surface area contributed by atoms with Crippen LogP contribution in [-0.4, -0.2) is 26.3 Å². The molecule has 3 aromatic rings. The van der Waals surface area contributed by atoms with Crippen LogP contribution in [-0.2, 0) is 6.54 Å². The van der Waals surface area contributed by atoms with E-state index < -0.39 is 0 Å². The third-order valence-corrected chi connectivity index (χ3v) is 5.88. The Hall–Kier alpha value is -1.44. The van der Waals surface area contributed by atoms with E-state index in [1.807, 2.05) is 47.0 Å². The van der Waals surface area contributed by atoms with Crippen molar-refractivity contribution in [1.29, 1.82) is 0 Å². The molecule has 0 atom stereocenters. The Morgan fingerprint density at radius 2 is 2.00 bits per heavy atom. The van der Waals surface area contributed by atoms with E-state index in [4.69, 9.17) is 0 Å². The predicted octanol–water partition coefficient (Wildman–Crippen LogP) is 4.76. The fourth-order valence-corrected chi connectivity index (χ4v) is 4.45. The zero-order valence-electron chi connectivity index (χ0n) is 12.4. The fourth-order valence-electron chi connectivity index (χ4n) is 2.15. The van der Waals surface area contributed by atoms with E-state index in [1.54, 1.807) is 0 Å². The number of benzene rings is 1. The van der Waals surface area contributed by atoms with E-state index >= 15 is 0 Å². The highest BCUT2D eigenvalue weighted by molar-refractivity contribution is 9.11. The molecule has 3 rings (SSSR count). The van der Waals surface area contributed by atoms with E-state index in [0.717, 1.165) is 31.8 Å². The summed E-state index contributed by atoms with van der Waals surface area (Å²) in [4.78, 5) is 13.0. The molecule has 0 N–H and O–H groups in total. The van der Waals surface area contributed by atoms with Crippen LogP contribution < -0.4 is 0 Å². The molecule has 4 nitrogen and oxygen atoms in total. The summed E-state index contributed by atoms with van der Waals surface area (Å²) in [6.07, 6.45) is 0. The van der Waals surface area contributed by atoms with Gasteiger partial charge in [0.05, 0.1) is 14.4 Å². The second kappa shape index (κ2) is 7.42. The van der Waals surface area contributed by atoms with Crippen LogP contribution in [0.2, 0.25) is 0 Å². The molecule has 0 bridgehead atoms. The molecule has 23 heavy (non-hydrogen) atoms. The number of thioether (sulfide) groups is 1. The molecule has 2 heterocycles. The van der Waals surface area contributed by atoms with Crippen molar-refractivity contribution in [3.63, 3.8) is 0 Å². The Morgan fingerprint density at radius 3 is 2.65 bits per heavy atom. The third-order valence-electron chi connectivity index (χ3n) is 3.25. The number of aromatic nitrogens is 3. The average molecular weight is 408 g/mol. The number of ketones is 1. The van der Waals surface area contributed by atoms with Crippen LogP contribution in [0.15, 0.2) is 51.4 Å². The first-order valence-corrected chi connectivity index (χ1v) is 9.68. The lowest BCUT2D eigenvalue weighted by molar-refractivity contribution is 0.102. The van der Waals surface area contributed by atoms with Gasteiger partial charge in [-0.25, -0.2) is 0 Å². The van der Waals surface area contributed by atoms with E-state index in [1.165, 1.54) is 23.1 Å². The first kappa shape index (κ1) is 16.4. The van der Waals surface area contributed by atoms with Crippen molar-refractivity contribution in [2.24, 2.45) is 0 Å². The summed E-state index contributed by atoms with van der Waals surface area (Å²) in [5.74, 6) is 1.30. The molecular weight excluding hydrogens is 394 g/mol. The molecule has 118 valence electrons. The summed E-state index contributed by atoms with van der Waals surface area (Å²) in [6.45, 7) is 2.82. The van der Waals surface area contributed by atoms with E-state index in [-0.39, 0.29) is 5.78 Å². The van der Waals surface area contributed by atoms with Crippen molar-refractivity contribution < 1.29 is 4.79 Å². The second-order valence-corrected chi connectivity index (χ2v) is 8.14. The van der Waals surface area contributed by atoms with Gasteiger partial charge in [-0.05, 0) is 35.0 Å². The number of hydrogen-bond acceptors (Lipinski definition) is 5. The Morgan fingerprint density at radius 1 is 1.22 bits per heavy atom. The van der Waals surface area contributed by atoms with Gasteiger partial charge in [0.1, 0.15) is 0 Å². The quantitative estimate of drug-likeness (QED) is 0.436. The van der Waals surface area contributed by atoms with Crippen molar-refractivity contribution in [2.45, 2.75) is 18.6 Å². The maximum absolute atomic E-state index is 12.2. The molecule has 0 fully saturated rings. The normalized spacial score (nSPS) is 10.9. The maximum Gasteiger partial charge on any atom is 0.191 e. The van der Waals surface area contributed by atoms with Crippen LogP contribution in [0.5, 0.6) is 0 Å². The molecular formula is C16H14BrN3OS2. The van der Waals surface area contributed by atoms with Gasteiger partial charge in [0.15, 0.2) is 16.8 Å². The lowest BCUT2D eigenvalue weighted by Gasteiger charge is -2.06. The van der Waals surface area contributed by atoms with Gasteiger partial charge >= 0.3 is 0 Å². The van der Waals surface area contributed by atoms with Crippen molar-refractivity contribution in [3.05, 3.63) is 51.1 Å². The molecule has 2 aromatic heterocycles. The van der Waals surface area contributed by atoms with Gasteiger partial charge < -0.3 is 4.57 Å². The zero-order valence-corrected chi connectivity index (χ0v) is 15.6. The molecule has 0 saturated heterocycles. The van der Waals surface area contributed by atoms with Gasteiger partial charge in [-0.3, -0.25) is 4.79 Å². The van der Waals surface area contributed by atoms with Crippen LogP contribution >= 0.6 is 39.0 Å². The first-order valence-electron chi connectivity index (χ1n) is 7.09. The number of carbonyl (C=O) groups excluding carboxylic acids is 1. The molecule has 7 heteroatoms. The third kappa shape index (κ3) is 3.73. The molecule has 0 saturated carbocycles. The minimum Gasteiger partial charge on any atom is -0.302 e. The Bertz CT molecular complexity index is 814. The minimum absolute atomic E-state index is 0.109. The number of carbonyl (C=O) groups is 1. The summed E-state index contributed by atoms with van der Waals surface area (Å²) >= 11 is 6.27. The number of halogens is 1. The molecule has 1 aromatic carbocycles. The largest absolute Gasteiger partial charge is 0.302 e. The highest BCUT2D eigenvalue weighted by Gasteiger charge is 2.15. The van der Waals surface area contributed by atoms with Crippen LogP contribution in [0.4, 0.5) is 0 Å². The molecule has 0 unspecified atom stereocenters. The summed E-state index contributed by atoms with van der Waals surface area (Å²) in [6, 6.07) is 13.7. The molecule has 0 aliphatic carbocycles. The van der Waals surface area contributed by atoms with E-state index in [0.29, 0.717) is 5.75 Å². The summed E-state index contributed by atoms with van der Waals surface area (Å²) < 4.78 is 3.01.